The number of phenolic OH excluding ortho intramolecular Hbond substituents is 1. The van der Waals surface area contributed by atoms with Gasteiger partial charge >= 0.3 is 0 Å². The minimum absolute atomic E-state index is 0.296. The lowest BCUT2D eigenvalue weighted by atomic mass is 10.2. The Kier molecular flexibility index (Phi) is 2.29. The summed E-state index contributed by atoms with van der Waals surface area (Å²) in [7, 11) is 1.60. The van der Waals surface area contributed by atoms with Crippen molar-refractivity contribution in [3.8, 4) is 5.75 Å². The van der Waals surface area contributed by atoms with Gasteiger partial charge < -0.3 is 9.84 Å². The second-order valence-corrected chi connectivity index (χ2v) is 2.06. The van der Waals surface area contributed by atoms with Gasteiger partial charge in [0, 0.05) is 12.7 Å². The average Bonchev–Trinajstić information content (AvgIpc) is 1.94. The number of benzene rings is 1. The summed E-state index contributed by atoms with van der Waals surface area (Å²) < 4.78 is 4.85. The molecule has 10 heavy (non-hydrogen) atoms. The van der Waals surface area contributed by atoms with Crippen LogP contribution in [0.15, 0.2) is 24.3 Å². The third-order valence-electron chi connectivity index (χ3n) is 1.29. The zero-order chi connectivity index (χ0) is 7.40. The molecule has 1 rings (SSSR count). The van der Waals surface area contributed by atoms with Crippen molar-refractivity contribution in [3.05, 3.63) is 29.8 Å². The molecule has 0 heterocycles. The van der Waals surface area contributed by atoms with Crippen molar-refractivity contribution >= 4 is 0 Å². The van der Waals surface area contributed by atoms with E-state index < -0.39 is 0 Å². The molecule has 2 heteroatoms. The minimum Gasteiger partial charge on any atom is -0.508 e. The molecule has 0 saturated carbocycles. The summed E-state index contributed by atoms with van der Waals surface area (Å²) >= 11 is 0. The van der Waals surface area contributed by atoms with Crippen LogP contribution in [0.2, 0.25) is 0 Å². The molecule has 0 unspecified atom stereocenters. The van der Waals surface area contributed by atoms with E-state index in [2.05, 4.69) is 0 Å². The van der Waals surface area contributed by atoms with Crippen LogP contribution in [0.25, 0.3) is 0 Å². The van der Waals surface area contributed by atoms with Crippen molar-refractivity contribution in [2.45, 2.75) is 6.61 Å². The minimum atomic E-state index is 0.296. The molecule has 0 amide bonds. The zero-order valence-corrected chi connectivity index (χ0v) is 5.87. The van der Waals surface area contributed by atoms with Crippen LogP contribution >= 0.6 is 0 Å². The maximum absolute atomic E-state index is 9.16. The number of aromatic hydroxyl groups is 1. The fraction of sp³-hybridized carbons (Fsp3) is 0.250. The number of ether oxygens (including phenoxy) is 1. The molecule has 1 aromatic carbocycles. The van der Waals surface area contributed by atoms with Gasteiger partial charge in [0.1, 0.15) is 5.75 Å². The number of phenols is 1. The molecule has 0 spiro atoms. The predicted octanol–water partition coefficient (Wildman–Crippen LogP) is 1.54. The quantitative estimate of drug-likeness (QED) is 0.671. The molecular formula is C8H10O2. The smallest absolute Gasteiger partial charge is 0.121 e. The van der Waals surface area contributed by atoms with E-state index >= 15 is 0 Å². The highest BCUT2D eigenvalue weighted by Crippen LogP contribution is 2.15. The first-order chi connectivity index (χ1) is 4.84. The van der Waals surface area contributed by atoms with E-state index in [0.717, 1.165) is 5.56 Å². The Balaban J connectivity index is 2.81. The standard InChI is InChI=1S/C8H10O2/c1-10-6-7-4-2-3-5-8(7)9/h2-5,9H,6H2,1H3. The van der Waals surface area contributed by atoms with Crippen molar-refractivity contribution in [2.24, 2.45) is 0 Å². The summed E-state index contributed by atoms with van der Waals surface area (Å²) in [5.74, 6) is 0.296. The third kappa shape index (κ3) is 1.48. The van der Waals surface area contributed by atoms with E-state index in [1.165, 1.54) is 0 Å². The molecule has 0 bridgehead atoms. The molecule has 0 fully saturated rings. The van der Waals surface area contributed by atoms with E-state index in [1.807, 2.05) is 12.1 Å². The Morgan fingerprint density at radius 2 is 2.10 bits per heavy atom. The van der Waals surface area contributed by atoms with Crippen LogP contribution in [0, 0.1) is 0 Å². The maximum atomic E-state index is 9.16. The van der Waals surface area contributed by atoms with Crippen molar-refractivity contribution in [1.29, 1.82) is 0 Å². The Hall–Kier alpha value is -1.02. The van der Waals surface area contributed by atoms with Crippen LogP contribution in [-0.2, 0) is 11.3 Å². The van der Waals surface area contributed by atoms with Gasteiger partial charge in [0.15, 0.2) is 0 Å². The van der Waals surface area contributed by atoms with E-state index in [9.17, 15) is 0 Å². The van der Waals surface area contributed by atoms with Gasteiger partial charge in [-0.25, -0.2) is 0 Å². The molecule has 0 aromatic heterocycles. The highest BCUT2D eigenvalue weighted by molar-refractivity contribution is 5.30. The van der Waals surface area contributed by atoms with Crippen molar-refractivity contribution in [2.75, 3.05) is 7.11 Å². The monoisotopic (exact) mass is 138 g/mol. The summed E-state index contributed by atoms with van der Waals surface area (Å²) in [6, 6.07) is 7.13. The maximum Gasteiger partial charge on any atom is 0.121 e. The van der Waals surface area contributed by atoms with Crippen LogP contribution in [0.4, 0.5) is 0 Å². The summed E-state index contributed by atoms with van der Waals surface area (Å²) in [5.41, 5.74) is 0.824. The molecule has 2 nitrogen and oxygen atoms in total. The lowest BCUT2D eigenvalue weighted by molar-refractivity contribution is 0.182. The van der Waals surface area contributed by atoms with Crippen LogP contribution in [0.3, 0.4) is 0 Å². The van der Waals surface area contributed by atoms with E-state index in [-0.39, 0.29) is 0 Å². The summed E-state index contributed by atoms with van der Waals surface area (Å²) in [6.07, 6.45) is 0. The molecule has 54 valence electrons. The fourth-order valence-electron chi connectivity index (χ4n) is 0.788. The predicted molar refractivity (Wildman–Crippen MR) is 38.8 cm³/mol. The van der Waals surface area contributed by atoms with Crippen molar-refractivity contribution in [3.63, 3.8) is 0 Å². The summed E-state index contributed by atoms with van der Waals surface area (Å²) in [4.78, 5) is 0. The highest BCUT2D eigenvalue weighted by Gasteiger charge is 1.95. The molecule has 0 saturated heterocycles. The summed E-state index contributed by atoms with van der Waals surface area (Å²) in [5, 5.41) is 9.16. The van der Waals surface area contributed by atoms with Crippen molar-refractivity contribution in [1.82, 2.24) is 0 Å². The van der Waals surface area contributed by atoms with E-state index in [1.54, 1.807) is 19.2 Å². The topological polar surface area (TPSA) is 29.5 Å². The lowest BCUT2D eigenvalue weighted by Gasteiger charge is -2.00. The first kappa shape index (κ1) is 7.09. The zero-order valence-electron chi connectivity index (χ0n) is 5.87. The fourth-order valence-corrected chi connectivity index (χ4v) is 0.788. The summed E-state index contributed by atoms with van der Waals surface area (Å²) in [6.45, 7) is 0.465. The van der Waals surface area contributed by atoms with Gasteiger partial charge in [-0.15, -0.1) is 0 Å². The Labute approximate surface area is 60.1 Å². The first-order valence-electron chi connectivity index (χ1n) is 3.10. The van der Waals surface area contributed by atoms with Crippen molar-refractivity contribution < 1.29 is 9.84 Å². The van der Waals surface area contributed by atoms with Gasteiger partial charge in [-0.2, -0.15) is 0 Å². The van der Waals surface area contributed by atoms with Crippen LogP contribution in [0.5, 0.6) is 5.75 Å². The largest absolute Gasteiger partial charge is 0.508 e. The van der Waals surface area contributed by atoms with Gasteiger partial charge in [0.2, 0.25) is 0 Å². The SMILES string of the molecule is COCc1ccccc1O. The average molecular weight is 138 g/mol. The second kappa shape index (κ2) is 3.22. The third-order valence-corrected chi connectivity index (χ3v) is 1.29. The van der Waals surface area contributed by atoms with E-state index in [0.29, 0.717) is 12.4 Å². The normalized spacial score (nSPS) is 9.70. The number of para-hydroxylation sites is 1. The molecule has 1 aromatic rings. The molecule has 0 radical (unpaired) electrons. The molecule has 0 aliphatic heterocycles. The molecular weight excluding hydrogens is 128 g/mol. The molecule has 0 aliphatic rings. The van der Waals surface area contributed by atoms with Gasteiger partial charge in [-0.1, -0.05) is 18.2 Å². The van der Waals surface area contributed by atoms with E-state index in [4.69, 9.17) is 9.84 Å². The van der Waals surface area contributed by atoms with Gasteiger partial charge in [-0.3, -0.25) is 0 Å². The lowest BCUT2D eigenvalue weighted by Crippen LogP contribution is -1.86. The Bertz CT molecular complexity index is 208. The highest BCUT2D eigenvalue weighted by atomic mass is 16.5. The number of methoxy groups -OCH3 is 1. The molecule has 1 N–H and O–H groups in total. The van der Waals surface area contributed by atoms with Crippen LogP contribution < -0.4 is 0 Å². The van der Waals surface area contributed by atoms with Gasteiger partial charge in [0.05, 0.1) is 6.61 Å². The van der Waals surface area contributed by atoms with Gasteiger partial charge in [0.25, 0.3) is 0 Å². The molecule has 0 atom stereocenters. The number of rotatable bonds is 2. The number of hydrogen-bond donors (Lipinski definition) is 1. The second-order valence-electron chi connectivity index (χ2n) is 2.06. The van der Waals surface area contributed by atoms with Crippen LogP contribution in [0.1, 0.15) is 5.56 Å². The van der Waals surface area contributed by atoms with Crippen LogP contribution in [-0.4, -0.2) is 12.2 Å². The first-order valence-corrected chi connectivity index (χ1v) is 3.10. The Morgan fingerprint density at radius 3 is 2.70 bits per heavy atom. The number of hydrogen-bond acceptors (Lipinski definition) is 2. The van der Waals surface area contributed by atoms with Gasteiger partial charge in [-0.05, 0) is 6.07 Å². The Morgan fingerprint density at radius 1 is 1.40 bits per heavy atom. The molecule has 0 aliphatic carbocycles.